The number of hydrazone groups is 1. The molecule has 0 saturated heterocycles. The minimum Gasteiger partial charge on any atom is -0.378 e. The van der Waals surface area contributed by atoms with Crippen LogP contribution in [0.5, 0.6) is 0 Å². The Morgan fingerprint density at radius 2 is 2.00 bits per heavy atom. The Kier molecular flexibility index (Phi) is 4.99. The van der Waals surface area contributed by atoms with E-state index in [1.165, 1.54) is 6.21 Å². The smallest absolute Gasteiger partial charge is 0.292 e. The second-order valence-corrected chi connectivity index (χ2v) is 6.23. The van der Waals surface area contributed by atoms with Gasteiger partial charge in [0.2, 0.25) is 11.6 Å². The molecule has 0 aliphatic carbocycles. The number of carbonyl (C=O) groups is 1. The van der Waals surface area contributed by atoms with Crippen molar-refractivity contribution < 1.29 is 9.42 Å². The summed E-state index contributed by atoms with van der Waals surface area (Å²) in [5.74, 6) is -0.566. The number of rotatable bonds is 5. The fraction of sp³-hybridized carbons (Fsp3) is 0. The average molecular weight is 409 g/mol. The summed E-state index contributed by atoms with van der Waals surface area (Å²) < 4.78 is 5.76. The third-order valence-electron chi connectivity index (χ3n) is 3.86. The Morgan fingerprint density at radius 1 is 1.17 bits per heavy atom. The summed E-state index contributed by atoms with van der Waals surface area (Å²) in [4.78, 5) is 12.9. The van der Waals surface area contributed by atoms with Gasteiger partial charge in [-0.1, -0.05) is 59.3 Å². The number of nitrogen functional groups attached to an aromatic ring is 1. The molecule has 0 unspecified atom stereocenters. The lowest BCUT2D eigenvalue weighted by Crippen LogP contribution is -2.22. The molecule has 0 bridgehead atoms. The van der Waals surface area contributed by atoms with E-state index in [0.29, 0.717) is 16.3 Å². The van der Waals surface area contributed by atoms with E-state index < -0.39 is 5.91 Å². The number of benzene rings is 2. The molecule has 29 heavy (non-hydrogen) atoms. The maximum absolute atomic E-state index is 12.9. The summed E-state index contributed by atoms with van der Waals surface area (Å²) in [6.45, 7) is 0. The Morgan fingerprint density at radius 3 is 2.72 bits per heavy atom. The van der Waals surface area contributed by atoms with Crippen LogP contribution in [0.15, 0.2) is 64.3 Å². The highest BCUT2D eigenvalue weighted by molar-refractivity contribution is 6.30. The molecule has 0 fully saturated rings. The lowest BCUT2D eigenvalue weighted by molar-refractivity contribution is 0.0948. The normalized spacial score (nSPS) is 11.1. The lowest BCUT2D eigenvalue weighted by atomic mass is 10.1. The minimum absolute atomic E-state index is 0.0361. The molecule has 2 aromatic carbocycles. The molecule has 3 N–H and O–H groups in total. The maximum atomic E-state index is 12.9. The third kappa shape index (κ3) is 3.82. The summed E-state index contributed by atoms with van der Waals surface area (Å²) in [5, 5.41) is 19.8. The molecule has 0 atom stereocenters. The number of halogens is 1. The topological polar surface area (TPSA) is 137 Å². The molecular formula is C18H13ClN8O2. The summed E-state index contributed by atoms with van der Waals surface area (Å²) in [7, 11) is 0. The van der Waals surface area contributed by atoms with Crippen molar-refractivity contribution in [3.63, 3.8) is 0 Å². The van der Waals surface area contributed by atoms with Gasteiger partial charge in [0.15, 0.2) is 5.69 Å². The first-order chi connectivity index (χ1) is 14.1. The zero-order valence-corrected chi connectivity index (χ0v) is 15.5. The molecule has 1 amide bonds. The molecular weight excluding hydrogens is 396 g/mol. The van der Waals surface area contributed by atoms with Crippen LogP contribution in [0.25, 0.3) is 17.1 Å². The SMILES string of the molecule is Nc1nonc1-n1nnc(-c2ccccc2)c1C(=O)N/N=C/c1cccc(Cl)c1. The van der Waals surface area contributed by atoms with E-state index in [0.717, 1.165) is 10.2 Å². The molecule has 4 aromatic rings. The van der Waals surface area contributed by atoms with Gasteiger partial charge in [0, 0.05) is 10.6 Å². The third-order valence-corrected chi connectivity index (χ3v) is 4.09. The quantitative estimate of drug-likeness (QED) is 0.381. The van der Waals surface area contributed by atoms with Crippen LogP contribution in [0.2, 0.25) is 5.02 Å². The van der Waals surface area contributed by atoms with Crippen LogP contribution in [0.4, 0.5) is 5.82 Å². The van der Waals surface area contributed by atoms with Crippen LogP contribution in [-0.4, -0.2) is 37.4 Å². The van der Waals surface area contributed by atoms with Gasteiger partial charge < -0.3 is 5.73 Å². The van der Waals surface area contributed by atoms with Crippen molar-refractivity contribution in [3.8, 4) is 17.1 Å². The van der Waals surface area contributed by atoms with Gasteiger partial charge in [-0.05, 0) is 28.0 Å². The maximum Gasteiger partial charge on any atom is 0.292 e. The number of hydrogen-bond acceptors (Lipinski definition) is 8. The highest BCUT2D eigenvalue weighted by atomic mass is 35.5. The number of nitrogens with zero attached hydrogens (tertiary/aromatic N) is 6. The number of carbonyl (C=O) groups excluding carboxylic acids is 1. The van der Waals surface area contributed by atoms with Crippen molar-refractivity contribution in [2.75, 3.05) is 5.73 Å². The van der Waals surface area contributed by atoms with Crippen LogP contribution < -0.4 is 11.2 Å². The standard InChI is InChI=1S/C18H13ClN8O2/c19-13-8-4-5-11(9-13)10-21-23-18(28)15-14(12-6-2-1-3-7-12)22-26-27(15)17-16(20)24-29-25-17/h1-10H,(H2,20,24)(H,23,28)/b21-10+. The Hall–Kier alpha value is -4.05. The van der Waals surface area contributed by atoms with E-state index in [1.54, 1.807) is 36.4 Å². The van der Waals surface area contributed by atoms with Crippen molar-refractivity contribution in [3.05, 3.63) is 70.9 Å². The lowest BCUT2D eigenvalue weighted by Gasteiger charge is -2.04. The molecule has 0 aliphatic heterocycles. The molecule has 0 spiro atoms. The van der Waals surface area contributed by atoms with Crippen molar-refractivity contribution in [1.82, 2.24) is 30.7 Å². The number of aromatic nitrogens is 5. The summed E-state index contributed by atoms with van der Waals surface area (Å²) in [6, 6.07) is 16.1. The Bertz CT molecular complexity index is 1190. The summed E-state index contributed by atoms with van der Waals surface area (Å²) in [5.41, 5.74) is 9.99. The number of anilines is 1. The van der Waals surface area contributed by atoms with E-state index in [2.05, 4.69) is 35.8 Å². The molecule has 144 valence electrons. The van der Waals surface area contributed by atoms with E-state index in [-0.39, 0.29) is 17.3 Å². The van der Waals surface area contributed by atoms with Crippen molar-refractivity contribution in [2.45, 2.75) is 0 Å². The predicted octanol–water partition coefficient (Wildman–Crippen LogP) is 2.32. The van der Waals surface area contributed by atoms with E-state index in [4.69, 9.17) is 17.3 Å². The molecule has 2 aromatic heterocycles. The number of nitrogens with one attached hydrogen (secondary N) is 1. The van der Waals surface area contributed by atoms with Gasteiger partial charge in [-0.3, -0.25) is 4.79 Å². The molecule has 10 nitrogen and oxygen atoms in total. The first-order valence-electron chi connectivity index (χ1n) is 8.32. The molecule has 2 heterocycles. The highest BCUT2D eigenvalue weighted by Crippen LogP contribution is 2.24. The second-order valence-electron chi connectivity index (χ2n) is 5.79. The summed E-state index contributed by atoms with van der Waals surface area (Å²) in [6.07, 6.45) is 1.46. The minimum atomic E-state index is -0.575. The van der Waals surface area contributed by atoms with Crippen LogP contribution in [0, 0.1) is 0 Å². The number of amides is 1. The zero-order chi connectivity index (χ0) is 20.2. The Labute approximate surface area is 168 Å². The van der Waals surface area contributed by atoms with E-state index >= 15 is 0 Å². The highest BCUT2D eigenvalue weighted by Gasteiger charge is 2.25. The predicted molar refractivity (Wildman–Crippen MR) is 106 cm³/mol. The van der Waals surface area contributed by atoms with Crippen LogP contribution >= 0.6 is 11.6 Å². The van der Waals surface area contributed by atoms with Gasteiger partial charge in [-0.15, -0.1) is 5.10 Å². The largest absolute Gasteiger partial charge is 0.378 e. The average Bonchev–Trinajstić information content (AvgIpc) is 3.34. The number of hydrogen-bond donors (Lipinski definition) is 2. The van der Waals surface area contributed by atoms with Gasteiger partial charge in [0.1, 0.15) is 5.69 Å². The van der Waals surface area contributed by atoms with Crippen molar-refractivity contribution in [1.29, 1.82) is 0 Å². The van der Waals surface area contributed by atoms with Crippen LogP contribution in [0.1, 0.15) is 16.1 Å². The first-order valence-corrected chi connectivity index (χ1v) is 8.70. The molecule has 0 saturated carbocycles. The van der Waals surface area contributed by atoms with Crippen molar-refractivity contribution in [2.24, 2.45) is 5.10 Å². The molecule has 0 aliphatic rings. The fourth-order valence-corrected chi connectivity index (χ4v) is 2.77. The van der Waals surface area contributed by atoms with E-state index in [9.17, 15) is 4.79 Å². The van der Waals surface area contributed by atoms with Gasteiger partial charge in [0.05, 0.1) is 6.21 Å². The number of nitrogens with two attached hydrogens (primary N) is 1. The van der Waals surface area contributed by atoms with Gasteiger partial charge in [-0.25, -0.2) is 10.1 Å². The van der Waals surface area contributed by atoms with Gasteiger partial charge in [-0.2, -0.15) is 9.78 Å². The molecule has 4 rings (SSSR count). The van der Waals surface area contributed by atoms with Crippen LogP contribution in [-0.2, 0) is 0 Å². The monoisotopic (exact) mass is 408 g/mol. The second kappa shape index (κ2) is 7.90. The first kappa shape index (κ1) is 18.3. The van der Waals surface area contributed by atoms with E-state index in [1.807, 2.05) is 18.2 Å². The van der Waals surface area contributed by atoms with Gasteiger partial charge >= 0.3 is 0 Å². The fourth-order valence-electron chi connectivity index (χ4n) is 2.57. The van der Waals surface area contributed by atoms with Crippen molar-refractivity contribution >= 4 is 29.5 Å². The zero-order valence-electron chi connectivity index (χ0n) is 14.7. The van der Waals surface area contributed by atoms with Crippen LogP contribution in [0.3, 0.4) is 0 Å². The Balaban J connectivity index is 1.69. The molecule has 11 heteroatoms. The molecule has 0 radical (unpaired) electrons. The van der Waals surface area contributed by atoms with Gasteiger partial charge in [0.25, 0.3) is 5.91 Å². The summed E-state index contributed by atoms with van der Waals surface area (Å²) >= 11 is 5.95.